The largest absolute Gasteiger partial charge is 0.481 e. The zero-order valence-electron chi connectivity index (χ0n) is 13.0. The minimum atomic E-state index is -0.656. The summed E-state index contributed by atoms with van der Waals surface area (Å²) in [5.41, 5.74) is 3.90. The lowest BCUT2D eigenvalue weighted by molar-refractivity contribution is -0.145. The number of likely N-dealkylation sites (tertiary alicyclic amines) is 1. The molecule has 4 nitrogen and oxygen atoms in total. The zero-order valence-corrected chi connectivity index (χ0v) is 13.0. The van der Waals surface area contributed by atoms with Gasteiger partial charge in [0.1, 0.15) is 0 Å². The van der Waals surface area contributed by atoms with Gasteiger partial charge in [0.2, 0.25) is 0 Å². The van der Waals surface area contributed by atoms with E-state index in [-0.39, 0.29) is 5.92 Å². The van der Waals surface area contributed by atoms with Crippen molar-refractivity contribution in [1.82, 2.24) is 9.88 Å². The maximum Gasteiger partial charge on any atom is 0.307 e. The maximum atomic E-state index is 11.6. The summed E-state index contributed by atoms with van der Waals surface area (Å²) in [5, 5.41) is 10.9. The van der Waals surface area contributed by atoms with E-state index < -0.39 is 5.97 Å². The van der Waals surface area contributed by atoms with Gasteiger partial charge >= 0.3 is 5.97 Å². The highest BCUT2D eigenvalue weighted by Gasteiger charge is 2.43. The molecule has 22 heavy (non-hydrogen) atoms. The first-order chi connectivity index (χ1) is 10.6. The first-order valence-corrected chi connectivity index (χ1v) is 8.13. The second-order valence-corrected chi connectivity index (χ2v) is 7.02. The first kappa shape index (κ1) is 13.8. The van der Waals surface area contributed by atoms with Gasteiger partial charge in [-0.15, -0.1) is 0 Å². The molecule has 1 aromatic carbocycles. The van der Waals surface area contributed by atoms with Gasteiger partial charge in [-0.3, -0.25) is 9.69 Å². The molecule has 2 N–H and O–H groups in total. The van der Waals surface area contributed by atoms with Crippen LogP contribution in [0.4, 0.5) is 0 Å². The third kappa shape index (κ3) is 1.90. The number of aromatic nitrogens is 1. The van der Waals surface area contributed by atoms with Gasteiger partial charge in [-0.1, -0.05) is 12.1 Å². The Hall–Kier alpha value is -1.81. The number of piperidine rings is 1. The van der Waals surface area contributed by atoms with Crippen LogP contribution in [-0.4, -0.2) is 39.6 Å². The normalized spacial score (nSPS) is 28.0. The number of hydrogen-bond donors (Lipinski definition) is 2. The van der Waals surface area contributed by atoms with Gasteiger partial charge < -0.3 is 10.1 Å². The van der Waals surface area contributed by atoms with Crippen LogP contribution < -0.4 is 0 Å². The van der Waals surface area contributed by atoms with Crippen LogP contribution in [-0.2, 0) is 11.2 Å². The molecule has 0 spiro atoms. The molecule has 1 fully saturated rings. The number of carboxylic acid groups (broad SMARTS) is 1. The highest BCUT2D eigenvalue weighted by Crippen LogP contribution is 2.45. The number of aliphatic carboxylic acids is 1. The van der Waals surface area contributed by atoms with Gasteiger partial charge in [0, 0.05) is 41.6 Å². The Balaban J connectivity index is 1.84. The van der Waals surface area contributed by atoms with Gasteiger partial charge in [-0.25, -0.2) is 0 Å². The Kier molecular flexibility index (Phi) is 3.05. The third-order valence-electron chi connectivity index (χ3n) is 5.52. The van der Waals surface area contributed by atoms with Crippen LogP contribution in [0.15, 0.2) is 24.4 Å². The minimum Gasteiger partial charge on any atom is -0.481 e. The number of nitrogens with zero attached hydrogens (tertiary/aromatic N) is 1. The maximum absolute atomic E-state index is 11.6. The number of H-pyrrole nitrogens is 1. The van der Waals surface area contributed by atoms with Crippen molar-refractivity contribution in [1.29, 1.82) is 0 Å². The predicted molar refractivity (Wildman–Crippen MR) is 86.1 cm³/mol. The van der Waals surface area contributed by atoms with E-state index in [1.807, 2.05) is 0 Å². The summed E-state index contributed by atoms with van der Waals surface area (Å²) in [4.78, 5) is 17.4. The summed E-state index contributed by atoms with van der Waals surface area (Å²) in [7, 11) is 0. The highest BCUT2D eigenvalue weighted by molar-refractivity contribution is 5.88. The fourth-order valence-corrected chi connectivity index (χ4v) is 4.51. The smallest absolute Gasteiger partial charge is 0.307 e. The van der Waals surface area contributed by atoms with Gasteiger partial charge in [0.05, 0.1) is 5.92 Å². The van der Waals surface area contributed by atoms with Crippen LogP contribution in [0.5, 0.6) is 0 Å². The highest BCUT2D eigenvalue weighted by atomic mass is 16.4. The van der Waals surface area contributed by atoms with Crippen LogP contribution in [0, 0.1) is 5.92 Å². The van der Waals surface area contributed by atoms with Gasteiger partial charge in [-0.05, 0) is 43.9 Å². The Morgan fingerprint density at radius 3 is 2.95 bits per heavy atom. The molecular formula is C18H22N2O2. The summed E-state index contributed by atoms with van der Waals surface area (Å²) in [6.45, 7) is 5.02. The average molecular weight is 298 g/mol. The molecule has 1 aliphatic carbocycles. The van der Waals surface area contributed by atoms with E-state index in [9.17, 15) is 9.90 Å². The minimum absolute atomic E-state index is 0.264. The number of nitrogens with one attached hydrogen (secondary N) is 1. The molecule has 1 aliphatic heterocycles. The molecule has 4 rings (SSSR count). The molecule has 2 aliphatic rings. The zero-order chi connectivity index (χ0) is 15.4. The SMILES string of the molecule is CC(C)N1C[C@H](C(=O)O)C[C@@H]2c3cccc4[nH]cc(c34)C[C@H]21. The Labute approximate surface area is 130 Å². The molecule has 0 amide bonds. The van der Waals surface area contributed by atoms with Crippen molar-refractivity contribution in [2.75, 3.05) is 6.54 Å². The number of rotatable bonds is 2. The summed E-state index contributed by atoms with van der Waals surface area (Å²) < 4.78 is 0. The van der Waals surface area contributed by atoms with Gasteiger partial charge in [0.25, 0.3) is 0 Å². The number of fused-ring (bicyclic) bond motifs is 2. The number of benzene rings is 1. The second kappa shape index (κ2) is 4.85. The molecule has 2 aromatic rings. The van der Waals surface area contributed by atoms with Crippen LogP contribution in [0.25, 0.3) is 10.9 Å². The predicted octanol–water partition coefficient (Wildman–Crippen LogP) is 2.99. The van der Waals surface area contributed by atoms with E-state index in [4.69, 9.17) is 0 Å². The number of hydrogen-bond acceptors (Lipinski definition) is 2. The lowest BCUT2D eigenvalue weighted by Gasteiger charge is -2.48. The number of carbonyl (C=O) groups is 1. The van der Waals surface area contributed by atoms with Crippen molar-refractivity contribution in [3.8, 4) is 0 Å². The quantitative estimate of drug-likeness (QED) is 0.896. The third-order valence-corrected chi connectivity index (χ3v) is 5.52. The van der Waals surface area contributed by atoms with Crippen LogP contribution in [0.3, 0.4) is 0 Å². The standard InChI is InChI=1S/C18H22N2O2/c1-10(2)20-9-12(18(21)22)6-14-13-4-3-5-15-17(13)11(8-19-15)7-16(14)20/h3-5,8,10,12,14,16,19H,6-7,9H2,1-2H3,(H,21,22)/t12-,14-,16-/m1/s1. The number of carboxylic acids is 1. The lowest BCUT2D eigenvalue weighted by atomic mass is 9.72. The molecule has 2 heterocycles. The van der Waals surface area contributed by atoms with Crippen LogP contribution in [0.2, 0.25) is 0 Å². The average Bonchev–Trinajstić information content (AvgIpc) is 2.91. The first-order valence-electron chi connectivity index (χ1n) is 8.13. The lowest BCUT2D eigenvalue weighted by Crippen LogP contribution is -2.54. The molecule has 0 unspecified atom stereocenters. The van der Waals surface area contributed by atoms with Gasteiger partial charge in [0.15, 0.2) is 0 Å². The second-order valence-electron chi connectivity index (χ2n) is 7.02. The summed E-state index contributed by atoms with van der Waals surface area (Å²) in [6, 6.07) is 7.18. The van der Waals surface area contributed by atoms with Crippen molar-refractivity contribution in [3.05, 3.63) is 35.5 Å². The topological polar surface area (TPSA) is 56.3 Å². The molecule has 116 valence electrons. The molecule has 1 aromatic heterocycles. The Morgan fingerprint density at radius 1 is 1.41 bits per heavy atom. The van der Waals surface area contributed by atoms with Crippen molar-refractivity contribution in [2.24, 2.45) is 5.92 Å². The van der Waals surface area contributed by atoms with Crippen molar-refractivity contribution >= 4 is 16.9 Å². The molecule has 0 saturated carbocycles. The fourth-order valence-electron chi connectivity index (χ4n) is 4.51. The molecule has 3 atom stereocenters. The van der Waals surface area contributed by atoms with E-state index in [1.165, 1.54) is 22.0 Å². The van der Waals surface area contributed by atoms with Crippen molar-refractivity contribution in [2.45, 2.75) is 44.7 Å². The van der Waals surface area contributed by atoms with Crippen LogP contribution in [0.1, 0.15) is 37.3 Å². The monoisotopic (exact) mass is 298 g/mol. The van der Waals surface area contributed by atoms with E-state index in [1.54, 1.807) is 0 Å². The molecule has 4 heteroatoms. The van der Waals surface area contributed by atoms with E-state index in [0.29, 0.717) is 24.5 Å². The molecule has 0 bridgehead atoms. The summed E-state index contributed by atoms with van der Waals surface area (Å²) >= 11 is 0. The van der Waals surface area contributed by atoms with Crippen molar-refractivity contribution < 1.29 is 9.90 Å². The summed E-state index contributed by atoms with van der Waals surface area (Å²) in [5.74, 6) is -0.597. The summed E-state index contributed by atoms with van der Waals surface area (Å²) in [6.07, 6.45) is 3.91. The van der Waals surface area contributed by atoms with Crippen molar-refractivity contribution in [3.63, 3.8) is 0 Å². The van der Waals surface area contributed by atoms with E-state index >= 15 is 0 Å². The fraction of sp³-hybridized carbons (Fsp3) is 0.500. The Morgan fingerprint density at radius 2 is 2.23 bits per heavy atom. The Bertz CT molecular complexity index is 734. The van der Waals surface area contributed by atoms with Gasteiger partial charge in [-0.2, -0.15) is 0 Å². The van der Waals surface area contributed by atoms with Crippen LogP contribution >= 0.6 is 0 Å². The number of aromatic amines is 1. The van der Waals surface area contributed by atoms with E-state index in [2.05, 4.69) is 48.1 Å². The van der Waals surface area contributed by atoms with E-state index in [0.717, 1.165) is 12.8 Å². The molecule has 1 saturated heterocycles. The molecule has 0 radical (unpaired) electrons. The molecular weight excluding hydrogens is 276 g/mol.